The zero-order valence-electron chi connectivity index (χ0n) is 12.9. The van der Waals surface area contributed by atoms with Gasteiger partial charge >= 0.3 is 6.03 Å². The number of nitrogens with one attached hydrogen (secondary N) is 2. The second kappa shape index (κ2) is 7.44. The van der Waals surface area contributed by atoms with E-state index in [1.807, 2.05) is 6.07 Å². The number of nitrogens with zero attached hydrogens (tertiary/aromatic N) is 2. The minimum atomic E-state index is -3.15. The SMILES string of the molecule is CS(=O)(=O)N1CCC(NC(=O)NCc2cccc(C#N)c2)CC1. The van der Waals surface area contributed by atoms with Gasteiger partial charge < -0.3 is 10.6 Å². The second-order valence-electron chi connectivity index (χ2n) is 5.58. The quantitative estimate of drug-likeness (QED) is 0.848. The number of urea groups is 1. The van der Waals surface area contributed by atoms with Crippen molar-refractivity contribution in [2.24, 2.45) is 0 Å². The Kier molecular flexibility index (Phi) is 5.58. The van der Waals surface area contributed by atoms with Crippen LogP contribution in [0.2, 0.25) is 0 Å². The molecule has 0 bridgehead atoms. The molecule has 1 heterocycles. The van der Waals surface area contributed by atoms with Crippen LogP contribution >= 0.6 is 0 Å². The summed E-state index contributed by atoms with van der Waals surface area (Å²) in [6.07, 6.45) is 2.40. The van der Waals surface area contributed by atoms with E-state index in [0.717, 1.165) is 5.56 Å². The molecule has 0 saturated carbocycles. The van der Waals surface area contributed by atoms with Gasteiger partial charge in [-0.05, 0) is 30.5 Å². The molecule has 2 rings (SSSR count). The van der Waals surface area contributed by atoms with E-state index in [2.05, 4.69) is 16.7 Å². The predicted molar refractivity (Wildman–Crippen MR) is 86.0 cm³/mol. The lowest BCUT2D eigenvalue weighted by Crippen LogP contribution is -2.48. The van der Waals surface area contributed by atoms with Gasteiger partial charge in [-0.2, -0.15) is 5.26 Å². The van der Waals surface area contributed by atoms with Crippen LogP contribution in [0.15, 0.2) is 24.3 Å². The molecule has 0 spiro atoms. The van der Waals surface area contributed by atoms with Gasteiger partial charge in [0.2, 0.25) is 10.0 Å². The molecule has 0 radical (unpaired) electrons. The van der Waals surface area contributed by atoms with Gasteiger partial charge in [0.1, 0.15) is 0 Å². The molecule has 0 unspecified atom stereocenters. The van der Waals surface area contributed by atoms with Crippen molar-refractivity contribution < 1.29 is 13.2 Å². The zero-order valence-corrected chi connectivity index (χ0v) is 13.8. The Labute approximate surface area is 136 Å². The highest BCUT2D eigenvalue weighted by molar-refractivity contribution is 7.88. The molecule has 2 amide bonds. The minimum absolute atomic E-state index is 0.0292. The molecule has 23 heavy (non-hydrogen) atoms. The molecule has 1 aliphatic heterocycles. The minimum Gasteiger partial charge on any atom is -0.335 e. The van der Waals surface area contributed by atoms with Crippen molar-refractivity contribution in [3.63, 3.8) is 0 Å². The maximum absolute atomic E-state index is 11.9. The van der Waals surface area contributed by atoms with Gasteiger partial charge in [0.15, 0.2) is 0 Å². The number of piperidine rings is 1. The fourth-order valence-corrected chi connectivity index (χ4v) is 3.38. The molecule has 1 aromatic rings. The number of hydrogen-bond acceptors (Lipinski definition) is 4. The molecule has 1 saturated heterocycles. The summed E-state index contributed by atoms with van der Waals surface area (Å²) in [4.78, 5) is 11.9. The average Bonchev–Trinajstić information content (AvgIpc) is 2.53. The van der Waals surface area contributed by atoms with Crippen molar-refractivity contribution in [2.75, 3.05) is 19.3 Å². The van der Waals surface area contributed by atoms with Crippen molar-refractivity contribution in [3.8, 4) is 6.07 Å². The molecule has 2 N–H and O–H groups in total. The van der Waals surface area contributed by atoms with Crippen LogP contribution in [0.3, 0.4) is 0 Å². The Morgan fingerprint density at radius 3 is 2.70 bits per heavy atom. The van der Waals surface area contributed by atoms with Crippen molar-refractivity contribution in [3.05, 3.63) is 35.4 Å². The first-order valence-corrected chi connectivity index (χ1v) is 9.22. The highest BCUT2D eigenvalue weighted by Gasteiger charge is 2.25. The van der Waals surface area contributed by atoms with E-state index in [1.165, 1.54) is 10.6 Å². The van der Waals surface area contributed by atoms with Crippen molar-refractivity contribution in [1.82, 2.24) is 14.9 Å². The van der Waals surface area contributed by atoms with Gasteiger partial charge in [0, 0.05) is 25.7 Å². The normalized spacial score (nSPS) is 16.5. The number of amides is 2. The van der Waals surface area contributed by atoms with Crippen LogP contribution in [0.25, 0.3) is 0 Å². The third-order valence-electron chi connectivity index (χ3n) is 3.77. The van der Waals surface area contributed by atoms with Gasteiger partial charge in [-0.25, -0.2) is 17.5 Å². The average molecular weight is 336 g/mol. The number of carbonyl (C=O) groups is 1. The van der Waals surface area contributed by atoms with E-state index in [-0.39, 0.29) is 12.1 Å². The third-order valence-corrected chi connectivity index (χ3v) is 5.07. The first-order valence-electron chi connectivity index (χ1n) is 7.37. The van der Waals surface area contributed by atoms with E-state index in [9.17, 15) is 13.2 Å². The summed E-state index contributed by atoms with van der Waals surface area (Å²) in [5, 5.41) is 14.4. The van der Waals surface area contributed by atoms with Crippen LogP contribution in [-0.2, 0) is 16.6 Å². The van der Waals surface area contributed by atoms with E-state index in [4.69, 9.17) is 5.26 Å². The van der Waals surface area contributed by atoms with E-state index >= 15 is 0 Å². The number of hydrogen-bond donors (Lipinski definition) is 2. The van der Waals surface area contributed by atoms with Crippen LogP contribution in [0.1, 0.15) is 24.0 Å². The van der Waals surface area contributed by atoms with E-state index in [0.29, 0.717) is 38.0 Å². The lowest BCUT2D eigenvalue weighted by Gasteiger charge is -2.30. The number of nitriles is 1. The number of benzene rings is 1. The van der Waals surface area contributed by atoms with Gasteiger partial charge in [-0.3, -0.25) is 0 Å². The number of sulfonamides is 1. The van der Waals surface area contributed by atoms with Crippen LogP contribution in [0.4, 0.5) is 4.79 Å². The lowest BCUT2D eigenvalue weighted by atomic mass is 10.1. The summed E-state index contributed by atoms with van der Waals surface area (Å²) in [7, 11) is -3.15. The van der Waals surface area contributed by atoms with Gasteiger partial charge in [0.25, 0.3) is 0 Å². The first-order chi connectivity index (χ1) is 10.9. The van der Waals surface area contributed by atoms with Crippen LogP contribution in [0.5, 0.6) is 0 Å². The van der Waals surface area contributed by atoms with Gasteiger partial charge in [0.05, 0.1) is 17.9 Å². The van der Waals surface area contributed by atoms with Gasteiger partial charge in [-0.1, -0.05) is 12.1 Å². The second-order valence-corrected chi connectivity index (χ2v) is 7.56. The molecule has 1 fully saturated rings. The maximum Gasteiger partial charge on any atom is 0.315 e. The van der Waals surface area contributed by atoms with E-state index in [1.54, 1.807) is 18.2 Å². The zero-order chi connectivity index (χ0) is 16.9. The Balaban J connectivity index is 1.77. The largest absolute Gasteiger partial charge is 0.335 e. The molecule has 7 nitrogen and oxygen atoms in total. The lowest BCUT2D eigenvalue weighted by molar-refractivity contribution is 0.227. The molecule has 0 aliphatic carbocycles. The Bertz CT molecular complexity index is 704. The fraction of sp³-hybridized carbons (Fsp3) is 0.467. The molecule has 8 heteroatoms. The summed E-state index contributed by atoms with van der Waals surface area (Å²) in [5.74, 6) is 0. The topological polar surface area (TPSA) is 102 Å². The van der Waals surface area contributed by atoms with E-state index < -0.39 is 10.0 Å². The molecular weight excluding hydrogens is 316 g/mol. The fourth-order valence-electron chi connectivity index (χ4n) is 2.50. The summed E-state index contributed by atoms with van der Waals surface area (Å²) >= 11 is 0. The predicted octanol–water partition coefficient (Wildman–Crippen LogP) is 0.781. The molecule has 124 valence electrons. The summed E-state index contributed by atoms with van der Waals surface area (Å²) in [6.45, 7) is 1.19. The Morgan fingerprint density at radius 1 is 1.39 bits per heavy atom. The number of carbonyl (C=O) groups excluding carboxylic acids is 1. The molecule has 0 atom stereocenters. The monoisotopic (exact) mass is 336 g/mol. The van der Waals surface area contributed by atoms with Crippen LogP contribution < -0.4 is 10.6 Å². The van der Waals surface area contributed by atoms with Gasteiger partial charge in [-0.15, -0.1) is 0 Å². The van der Waals surface area contributed by atoms with Crippen molar-refractivity contribution in [2.45, 2.75) is 25.4 Å². The maximum atomic E-state index is 11.9. The number of rotatable bonds is 4. The molecule has 0 aromatic heterocycles. The molecular formula is C15H20N4O3S. The van der Waals surface area contributed by atoms with Crippen molar-refractivity contribution >= 4 is 16.1 Å². The van der Waals surface area contributed by atoms with Crippen LogP contribution in [0, 0.1) is 11.3 Å². The smallest absolute Gasteiger partial charge is 0.315 e. The summed E-state index contributed by atoms with van der Waals surface area (Å²) in [6, 6.07) is 8.78. The summed E-state index contributed by atoms with van der Waals surface area (Å²) < 4.78 is 24.3. The third kappa shape index (κ3) is 5.23. The molecule has 1 aliphatic rings. The Hall–Kier alpha value is -2.11. The highest BCUT2D eigenvalue weighted by atomic mass is 32.2. The summed E-state index contributed by atoms with van der Waals surface area (Å²) in [5.41, 5.74) is 1.41. The van der Waals surface area contributed by atoms with Crippen molar-refractivity contribution in [1.29, 1.82) is 5.26 Å². The first kappa shape index (κ1) is 17.2. The van der Waals surface area contributed by atoms with Crippen LogP contribution in [-0.4, -0.2) is 44.1 Å². The highest BCUT2D eigenvalue weighted by Crippen LogP contribution is 2.13. The molecule has 1 aromatic carbocycles. The Morgan fingerprint density at radius 2 is 2.09 bits per heavy atom. The standard InChI is InChI=1S/C15H20N4O3S/c1-23(21,22)19-7-5-14(6-8-19)18-15(20)17-11-13-4-2-3-12(9-13)10-16/h2-4,9,14H,5-8,11H2,1H3,(H2,17,18,20).